The lowest BCUT2D eigenvalue weighted by Gasteiger charge is -2.36. The number of benzene rings is 1. The lowest BCUT2D eigenvalue weighted by Crippen LogP contribution is -2.57. The zero-order chi connectivity index (χ0) is 25.6. The molecule has 9 nitrogen and oxygen atoms in total. The summed E-state index contributed by atoms with van der Waals surface area (Å²) in [6.07, 6.45) is 1.84. The number of ketones is 1. The van der Waals surface area contributed by atoms with E-state index in [0.29, 0.717) is 5.56 Å². The van der Waals surface area contributed by atoms with Gasteiger partial charge in [0.25, 0.3) is 5.91 Å². The van der Waals surface area contributed by atoms with Crippen molar-refractivity contribution in [1.82, 2.24) is 15.1 Å². The predicted octanol–water partition coefficient (Wildman–Crippen LogP) is 1.31. The summed E-state index contributed by atoms with van der Waals surface area (Å²) in [6, 6.07) is 6.94. The molecule has 1 aliphatic carbocycles. The number of piperazine rings is 1. The van der Waals surface area contributed by atoms with E-state index in [1.807, 2.05) is 45.0 Å². The van der Waals surface area contributed by atoms with E-state index >= 15 is 0 Å². The fourth-order valence-corrected chi connectivity index (χ4v) is 5.68. The lowest BCUT2D eigenvalue weighted by atomic mass is 9.85. The van der Waals surface area contributed by atoms with Gasteiger partial charge < -0.3 is 24.6 Å². The van der Waals surface area contributed by atoms with Crippen LogP contribution in [-0.4, -0.2) is 104 Å². The van der Waals surface area contributed by atoms with Gasteiger partial charge in [0.1, 0.15) is 30.9 Å². The first kappa shape index (κ1) is 25.2. The number of fused-ring (bicyclic) bond motifs is 1. The summed E-state index contributed by atoms with van der Waals surface area (Å²) in [6.45, 7) is 10.1. The van der Waals surface area contributed by atoms with E-state index in [4.69, 9.17) is 9.47 Å². The van der Waals surface area contributed by atoms with Crippen molar-refractivity contribution in [3.8, 4) is 0 Å². The minimum atomic E-state index is -0.801. The lowest BCUT2D eigenvalue weighted by molar-refractivity contribution is -0.140. The third-order valence-corrected chi connectivity index (χ3v) is 7.98. The van der Waals surface area contributed by atoms with Crippen LogP contribution in [0.15, 0.2) is 24.3 Å². The Kier molecular flexibility index (Phi) is 6.82. The molecular formula is C27H38N4O5. The molecule has 3 saturated heterocycles. The Morgan fingerprint density at radius 1 is 1.08 bits per heavy atom. The Morgan fingerprint density at radius 2 is 1.75 bits per heavy atom. The third-order valence-electron chi connectivity index (χ3n) is 7.98. The Labute approximate surface area is 213 Å². The summed E-state index contributed by atoms with van der Waals surface area (Å²) in [4.78, 5) is 45.9. The first-order valence-corrected chi connectivity index (χ1v) is 13.0. The Hall–Kier alpha value is -2.49. The number of carbonyl (C=O) groups is 3. The van der Waals surface area contributed by atoms with Gasteiger partial charge in [-0.15, -0.1) is 0 Å². The van der Waals surface area contributed by atoms with Gasteiger partial charge in [-0.2, -0.15) is 0 Å². The molecule has 3 aliphatic heterocycles. The predicted molar refractivity (Wildman–Crippen MR) is 135 cm³/mol. The molecule has 1 aromatic carbocycles. The van der Waals surface area contributed by atoms with Crippen LogP contribution in [0.5, 0.6) is 0 Å². The van der Waals surface area contributed by atoms with Crippen LogP contribution in [0, 0.1) is 5.41 Å². The van der Waals surface area contributed by atoms with Crippen molar-refractivity contribution >= 4 is 23.3 Å². The van der Waals surface area contributed by atoms with Gasteiger partial charge in [-0.1, -0.05) is 20.8 Å². The summed E-state index contributed by atoms with van der Waals surface area (Å²) in [7, 11) is 1.56. The second-order valence-electron chi connectivity index (χ2n) is 11.5. The number of amides is 2. The molecule has 3 heterocycles. The molecule has 5 rings (SSSR count). The van der Waals surface area contributed by atoms with Crippen molar-refractivity contribution in [3.05, 3.63) is 29.8 Å². The van der Waals surface area contributed by atoms with E-state index in [0.717, 1.165) is 37.9 Å². The molecule has 0 unspecified atom stereocenters. The number of nitrogens with zero attached hydrogens (tertiary/aromatic N) is 3. The maximum Gasteiger partial charge on any atom is 0.251 e. The van der Waals surface area contributed by atoms with E-state index in [1.54, 1.807) is 7.11 Å². The first-order valence-electron chi connectivity index (χ1n) is 13.0. The largest absolute Gasteiger partial charge is 0.377 e. The number of hydrogen-bond acceptors (Lipinski definition) is 7. The third kappa shape index (κ3) is 4.88. The molecule has 4 aliphatic rings. The normalized spacial score (nSPS) is 27.8. The number of Topliss-reactive ketones (excluding diaryl/α,β-unsaturated/α-hetero) is 1. The maximum absolute atomic E-state index is 13.7. The van der Waals surface area contributed by atoms with E-state index in [1.165, 1.54) is 17.7 Å². The van der Waals surface area contributed by atoms with Crippen LogP contribution in [0.1, 0.15) is 44.0 Å². The summed E-state index contributed by atoms with van der Waals surface area (Å²) in [5, 5.41) is 2.96. The van der Waals surface area contributed by atoms with Crippen molar-refractivity contribution in [3.63, 3.8) is 0 Å². The molecule has 0 bridgehead atoms. The van der Waals surface area contributed by atoms with Gasteiger partial charge in [0.15, 0.2) is 5.78 Å². The molecule has 0 radical (unpaired) electrons. The number of ether oxygens (including phenoxy) is 2. The average Bonchev–Trinajstić information content (AvgIpc) is 3.55. The fourth-order valence-electron chi connectivity index (χ4n) is 5.68. The highest BCUT2D eigenvalue weighted by molar-refractivity contribution is 5.99. The number of likely N-dealkylation sites (tertiary alicyclic amines) is 1. The highest BCUT2D eigenvalue weighted by Gasteiger charge is 2.54. The molecule has 2 amide bonds. The van der Waals surface area contributed by atoms with Gasteiger partial charge in [0, 0.05) is 50.6 Å². The van der Waals surface area contributed by atoms with Crippen LogP contribution in [0.2, 0.25) is 0 Å². The number of carbonyl (C=O) groups excluding carboxylic acids is 3. The number of hydrogen-bond donors (Lipinski definition) is 1. The summed E-state index contributed by atoms with van der Waals surface area (Å²) in [5.41, 5.74) is 1.06. The number of nitrogens with one attached hydrogen (secondary N) is 1. The van der Waals surface area contributed by atoms with Gasteiger partial charge in [0.2, 0.25) is 5.91 Å². The van der Waals surface area contributed by atoms with E-state index in [-0.39, 0.29) is 36.9 Å². The number of rotatable bonds is 6. The quantitative estimate of drug-likeness (QED) is 0.632. The topological polar surface area (TPSA) is 91.4 Å². The Bertz CT molecular complexity index is 994. The van der Waals surface area contributed by atoms with Crippen molar-refractivity contribution in [1.29, 1.82) is 0 Å². The van der Waals surface area contributed by atoms with Crippen molar-refractivity contribution < 1.29 is 23.9 Å². The summed E-state index contributed by atoms with van der Waals surface area (Å²) < 4.78 is 11.1. The van der Waals surface area contributed by atoms with Crippen molar-refractivity contribution in [2.75, 3.05) is 51.3 Å². The number of methoxy groups -OCH3 is 1. The Morgan fingerprint density at radius 3 is 2.33 bits per heavy atom. The molecule has 0 aromatic heterocycles. The van der Waals surface area contributed by atoms with Crippen LogP contribution < -0.4 is 10.2 Å². The minimum Gasteiger partial charge on any atom is -0.377 e. The van der Waals surface area contributed by atoms with Crippen molar-refractivity contribution in [2.45, 2.75) is 63.9 Å². The van der Waals surface area contributed by atoms with Gasteiger partial charge in [-0.3, -0.25) is 19.3 Å². The van der Waals surface area contributed by atoms with E-state index in [2.05, 4.69) is 15.1 Å². The molecule has 4 atom stereocenters. The smallest absolute Gasteiger partial charge is 0.251 e. The molecule has 4 fully saturated rings. The monoisotopic (exact) mass is 498 g/mol. The average molecular weight is 499 g/mol. The zero-order valence-corrected chi connectivity index (χ0v) is 21.7. The zero-order valence-electron chi connectivity index (χ0n) is 21.7. The van der Waals surface area contributed by atoms with Crippen LogP contribution in [0.3, 0.4) is 0 Å². The van der Waals surface area contributed by atoms with E-state index in [9.17, 15) is 14.4 Å². The summed E-state index contributed by atoms with van der Waals surface area (Å²) >= 11 is 0. The van der Waals surface area contributed by atoms with Crippen LogP contribution in [-0.2, 0) is 19.1 Å². The first-order chi connectivity index (χ1) is 17.2. The SMILES string of the molecule is CO[C@@H]1CN(C(=O)[C@@H](NC(=O)c2ccc(N3CCN(C4CC4)CC3)cc2)C(C)(C)C)[C@@H]2C(=O)CO[C@@H]21. The molecule has 0 spiro atoms. The second-order valence-corrected chi connectivity index (χ2v) is 11.5. The second kappa shape index (κ2) is 9.76. The Balaban J connectivity index is 1.25. The summed E-state index contributed by atoms with van der Waals surface area (Å²) in [5.74, 6) is -0.712. The molecular weight excluding hydrogens is 460 g/mol. The van der Waals surface area contributed by atoms with Gasteiger partial charge >= 0.3 is 0 Å². The molecule has 1 aromatic rings. The maximum atomic E-state index is 13.7. The molecule has 36 heavy (non-hydrogen) atoms. The van der Waals surface area contributed by atoms with Gasteiger partial charge in [-0.05, 0) is 42.5 Å². The highest BCUT2D eigenvalue weighted by Crippen LogP contribution is 2.32. The molecule has 1 N–H and O–H groups in total. The van der Waals surface area contributed by atoms with Gasteiger partial charge in [-0.25, -0.2) is 0 Å². The molecule has 9 heteroatoms. The molecule has 196 valence electrons. The standard InChI is InChI=1S/C27H38N4O5/c1-27(2,3)24(26(34)31-15-21(35-4)23-22(31)20(32)16-36-23)28-25(33)17-5-7-18(8-6-17)29-11-13-30(14-12-29)19-9-10-19/h5-8,19,21-24H,9-16H2,1-4H3,(H,28,33)/t21-,22-,23-,24-/m1/s1. The van der Waals surface area contributed by atoms with Crippen molar-refractivity contribution in [2.24, 2.45) is 5.41 Å². The van der Waals surface area contributed by atoms with Gasteiger partial charge in [0.05, 0.1) is 6.54 Å². The highest BCUT2D eigenvalue weighted by atomic mass is 16.5. The van der Waals surface area contributed by atoms with Crippen LogP contribution >= 0.6 is 0 Å². The minimum absolute atomic E-state index is 0.0203. The fraction of sp³-hybridized carbons (Fsp3) is 0.667. The number of anilines is 1. The van der Waals surface area contributed by atoms with E-state index < -0.39 is 23.6 Å². The van der Waals surface area contributed by atoms with Crippen LogP contribution in [0.25, 0.3) is 0 Å². The van der Waals surface area contributed by atoms with Crippen LogP contribution in [0.4, 0.5) is 5.69 Å². The molecule has 1 saturated carbocycles.